The molecule has 1 aliphatic heterocycles. The van der Waals surface area contributed by atoms with Crippen LogP contribution in [-0.2, 0) is 26.0 Å². The van der Waals surface area contributed by atoms with Crippen molar-refractivity contribution in [1.82, 2.24) is 4.90 Å². The Balaban J connectivity index is 1.52. The third kappa shape index (κ3) is 5.09. The molecule has 180 valence electrons. The second-order valence-electron chi connectivity index (χ2n) is 8.24. The summed E-state index contributed by atoms with van der Waals surface area (Å²) in [6, 6.07) is 16.0. The Hall–Kier alpha value is -3.33. The van der Waals surface area contributed by atoms with Gasteiger partial charge in [0.2, 0.25) is 5.76 Å². The fraction of sp³-hybridized carbons (Fsp3) is 0.360. The molecule has 0 aliphatic carbocycles. The summed E-state index contributed by atoms with van der Waals surface area (Å²) in [5, 5.41) is 0.718. The van der Waals surface area contributed by atoms with Gasteiger partial charge in [-0.25, -0.2) is 13.2 Å². The molecule has 0 N–H and O–H groups in total. The number of esters is 1. The summed E-state index contributed by atoms with van der Waals surface area (Å²) < 4.78 is 40.8. The lowest BCUT2D eigenvalue weighted by molar-refractivity contribution is -0.141. The van der Waals surface area contributed by atoms with Gasteiger partial charge in [-0.3, -0.25) is 4.79 Å². The molecule has 0 saturated carbocycles. The van der Waals surface area contributed by atoms with E-state index in [1.54, 1.807) is 19.1 Å². The molecule has 0 bridgehead atoms. The average Bonchev–Trinajstić information content (AvgIpc) is 3.38. The van der Waals surface area contributed by atoms with Gasteiger partial charge in [0.15, 0.2) is 15.9 Å². The molecule has 3 aromatic rings. The van der Waals surface area contributed by atoms with Gasteiger partial charge in [0.05, 0.1) is 17.1 Å². The van der Waals surface area contributed by atoms with Crippen molar-refractivity contribution in [2.24, 2.45) is 0 Å². The third-order valence-electron chi connectivity index (χ3n) is 5.91. The van der Waals surface area contributed by atoms with Crippen LogP contribution in [0.4, 0.5) is 0 Å². The molecule has 0 spiro atoms. The normalized spacial score (nSPS) is 17.9. The van der Waals surface area contributed by atoms with Crippen LogP contribution in [0.3, 0.4) is 0 Å². The molecule has 1 fully saturated rings. The topological polar surface area (TPSA) is 103 Å². The highest BCUT2D eigenvalue weighted by Crippen LogP contribution is 2.28. The quantitative estimate of drug-likeness (QED) is 0.449. The number of sulfone groups is 1. The van der Waals surface area contributed by atoms with E-state index < -0.39 is 33.9 Å². The predicted molar refractivity (Wildman–Crippen MR) is 126 cm³/mol. The largest absolute Gasteiger partial charge is 0.489 e. The van der Waals surface area contributed by atoms with Gasteiger partial charge in [-0.1, -0.05) is 36.4 Å². The molecule has 0 radical (unpaired) electrons. The van der Waals surface area contributed by atoms with Crippen molar-refractivity contribution >= 4 is 32.7 Å². The van der Waals surface area contributed by atoms with E-state index in [9.17, 15) is 18.0 Å². The lowest BCUT2D eigenvalue weighted by atomic mass is 10.1. The molecule has 1 aromatic heterocycles. The number of hydrogen-bond acceptors (Lipinski definition) is 7. The molecule has 2 heterocycles. The number of fused-ring (bicyclic) bond motifs is 1. The SMILES string of the molecule is CCN(C(=O)[C@@H](C)OC(=O)c1oc2ccccc2c1COc1ccccc1)[C@H]1CCS(=O)(=O)C1. The van der Waals surface area contributed by atoms with Crippen LogP contribution in [0, 0.1) is 0 Å². The highest BCUT2D eigenvalue weighted by Gasteiger charge is 2.36. The molecule has 9 heteroatoms. The second-order valence-corrected chi connectivity index (χ2v) is 10.5. The lowest BCUT2D eigenvalue weighted by Crippen LogP contribution is -2.46. The molecular formula is C25H27NO7S. The van der Waals surface area contributed by atoms with Crippen LogP contribution < -0.4 is 4.74 Å². The fourth-order valence-corrected chi connectivity index (χ4v) is 5.92. The number of para-hydroxylation sites is 2. The Morgan fingerprint density at radius 1 is 1.12 bits per heavy atom. The Morgan fingerprint density at radius 3 is 2.50 bits per heavy atom. The van der Waals surface area contributed by atoms with Gasteiger partial charge >= 0.3 is 5.97 Å². The van der Waals surface area contributed by atoms with E-state index >= 15 is 0 Å². The maximum Gasteiger partial charge on any atom is 0.375 e. The molecule has 8 nitrogen and oxygen atoms in total. The van der Waals surface area contributed by atoms with Gasteiger partial charge in [-0.2, -0.15) is 0 Å². The van der Waals surface area contributed by atoms with Crippen molar-refractivity contribution in [1.29, 1.82) is 0 Å². The molecule has 4 rings (SSSR count). The van der Waals surface area contributed by atoms with Crippen molar-refractivity contribution in [3.8, 4) is 5.75 Å². The highest BCUT2D eigenvalue weighted by molar-refractivity contribution is 7.91. The minimum atomic E-state index is -3.16. The predicted octanol–water partition coefficient (Wildman–Crippen LogP) is 3.59. The summed E-state index contributed by atoms with van der Waals surface area (Å²) in [4.78, 5) is 27.5. The number of furan rings is 1. The standard InChI is InChI=1S/C25H27NO7S/c1-3-26(18-13-14-34(29,30)16-18)24(27)17(2)32-25(28)23-21(15-31-19-9-5-4-6-10-19)20-11-7-8-12-22(20)33-23/h4-12,17-18H,3,13-16H2,1-2H3/t17-,18+/m1/s1. The molecule has 1 saturated heterocycles. The van der Waals surface area contributed by atoms with Crippen molar-refractivity contribution in [3.05, 3.63) is 65.9 Å². The van der Waals surface area contributed by atoms with Crippen molar-refractivity contribution in [2.45, 2.75) is 39.0 Å². The molecular weight excluding hydrogens is 458 g/mol. The minimum Gasteiger partial charge on any atom is -0.489 e. The van der Waals surface area contributed by atoms with Gasteiger partial charge < -0.3 is 18.8 Å². The Morgan fingerprint density at radius 2 is 1.82 bits per heavy atom. The van der Waals surface area contributed by atoms with Crippen LogP contribution >= 0.6 is 0 Å². The van der Waals surface area contributed by atoms with E-state index in [1.807, 2.05) is 42.5 Å². The Labute approximate surface area is 198 Å². The average molecular weight is 486 g/mol. The summed E-state index contributed by atoms with van der Waals surface area (Å²) in [6.07, 6.45) is -0.723. The number of carbonyl (C=O) groups excluding carboxylic acids is 2. The fourth-order valence-electron chi connectivity index (χ4n) is 4.19. The highest BCUT2D eigenvalue weighted by atomic mass is 32.2. The van der Waals surface area contributed by atoms with Crippen LogP contribution in [-0.4, -0.2) is 55.4 Å². The van der Waals surface area contributed by atoms with Gasteiger partial charge in [-0.15, -0.1) is 0 Å². The van der Waals surface area contributed by atoms with Crippen molar-refractivity contribution < 1.29 is 31.9 Å². The zero-order valence-electron chi connectivity index (χ0n) is 19.1. The number of carbonyl (C=O) groups is 2. The number of rotatable bonds is 8. The van der Waals surface area contributed by atoms with Crippen LogP contribution in [0.5, 0.6) is 5.75 Å². The first kappa shape index (κ1) is 23.8. The maximum atomic E-state index is 13.1. The first-order chi connectivity index (χ1) is 16.3. The smallest absolute Gasteiger partial charge is 0.375 e. The van der Waals surface area contributed by atoms with E-state index in [0.29, 0.717) is 29.9 Å². The Kier molecular flexibility index (Phi) is 6.92. The van der Waals surface area contributed by atoms with E-state index in [1.165, 1.54) is 11.8 Å². The number of amides is 1. The zero-order valence-corrected chi connectivity index (χ0v) is 19.9. The molecule has 1 aliphatic rings. The van der Waals surface area contributed by atoms with Crippen LogP contribution in [0.2, 0.25) is 0 Å². The van der Waals surface area contributed by atoms with Gasteiger partial charge in [0, 0.05) is 18.0 Å². The molecule has 1 amide bonds. The summed E-state index contributed by atoms with van der Waals surface area (Å²) >= 11 is 0. The lowest BCUT2D eigenvalue weighted by Gasteiger charge is -2.29. The first-order valence-corrected chi connectivity index (χ1v) is 13.0. The minimum absolute atomic E-state index is 0.0247. The van der Waals surface area contributed by atoms with E-state index in [0.717, 1.165) is 5.39 Å². The van der Waals surface area contributed by atoms with Crippen molar-refractivity contribution in [3.63, 3.8) is 0 Å². The molecule has 34 heavy (non-hydrogen) atoms. The summed E-state index contributed by atoms with van der Waals surface area (Å²) in [6.45, 7) is 3.65. The number of benzene rings is 2. The molecule has 2 aromatic carbocycles. The number of likely N-dealkylation sites (N-methyl/N-ethyl adjacent to an activating group) is 1. The Bertz CT molecular complexity index is 1280. The maximum absolute atomic E-state index is 13.1. The molecule has 0 unspecified atom stereocenters. The van der Waals surface area contributed by atoms with E-state index in [2.05, 4.69) is 0 Å². The van der Waals surface area contributed by atoms with Crippen molar-refractivity contribution in [2.75, 3.05) is 18.1 Å². The van der Waals surface area contributed by atoms with E-state index in [4.69, 9.17) is 13.9 Å². The van der Waals surface area contributed by atoms with Gasteiger partial charge in [-0.05, 0) is 38.5 Å². The summed E-state index contributed by atoms with van der Waals surface area (Å²) in [5.74, 6) is -0.615. The van der Waals surface area contributed by atoms with Crippen LogP contribution in [0.25, 0.3) is 11.0 Å². The third-order valence-corrected chi connectivity index (χ3v) is 7.66. The molecule has 2 atom stereocenters. The van der Waals surface area contributed by atoms with Crippen LogP contribution in [0.1, 0.15) is 36.4 Å². The second kappa shape index (κ2) is 9.89. The first-order valence-electron chi connectivity index (χ1n) is 11.2. The van der Waals surface area contributed by atoms with E-state index in [-0.39, 0.29) is 23.9 Å². The number of ether oxygens (including phenoxy) is 2. The van der Waals surface area contributed by atoms with Gasteiger partial charge in [0.1, 0.15) is 17.9 Å². The monoisotopic (exact) mass is 485 g/mol. The van der Waals surface area contributed by atoms with Crippen LogP contribution in [0.15, 0.2) is 59.0 Å². The number of hydrogen-bond donors (Lipinski definition) is 0. The summed E-state index contributed by atoms with van der Waals surface area (Å²) in [7, 11) is -3.16. The number of nitrogens with zero attached hydrogens (tertiary/aromatic N) is 1. The summed E-state index contributed by atoms with van der Waals surface area (Å²) in [5.41, 5.74) is 1.03. The van der Waals surface area contributed by atoms with Gasteiger partial charge in [0.25, 0.3) is 5.91 Å². The zero-order chi connectivity index (χ0) is 24.3.